The Morgan fingerprint density at radius 1 is 1.06 bits per heavy atom. The summed E-state index contributed by atoms with van der Waals surface area (Å²) in [6.07, 6.45) is 5.59. The van der Waals surface area contributed by atoms with Gasteiger partial charge in [-0.2, -0.15) is 0 Å². The first-order valence-electron chi connectivity index (χ1n) is 12.1. The fourth-order valence-corrected chi connectivity index (χ4v) is 5.72. The average molecular weight is 555 g/mol. The van der Waals surface area contributed by atoms with Crippen LogP contribution in [-0.2, 0) is 26.2 Å². The number of nitrogens with zero attached hydrogens (tertiary/aromatic N) is 2. The minimum Gasteiger partial charge on any atom is -0.352 e. The van der Waals surface area contributed by atoms with Gasteiger partial charge in [-0.3, -0.25) is 13.9 Å². The molecule has 1 saturated carbocycles. The monoisotopic (exact) mass is 553 g/mol. The molecule has 1 fully saturated rings. The number of amides is 2. The molecule has 0 spiro atoms. The van der Waals surface area contributed by atoms with Gasteiger partial charge in [-0.25, -0.2) is 8.42 Å². The molecule has 36 heavy (non-hydrogen) atoms. The van der Waals surface area contributed by atoms with E-state index in [1.54, 1.807) is 54.3 Å². The number of halogens is 2. The number of anilines is 1. The number of benzene rings is 2. The molecule has 0 radical (unpaired) electrons. The SMILES string of the molecule is C[C@@H](C(=O)NC1CCCC1)N(Cc1cccc(Cl)c1)C(=O)CCCN(c1ccc(Cl)cc1)S(C)(=O)=O. The molecule has 0 heterocycles. The van der Waals surface area contributed by atoms with Crippen molar-refractivity contribution in [2.75, 3.05) is 17.1 Å². The van der Waals surface area contributed by atoms with E-state index in [1.807, 2.05) is 6.07 Å². The Morgan fingerprint density at radius 3 is 2.33 bits per heavy atom. The zero-order chi connectivity index (χ0) is 26.3. The van der Waals surface area contributed by atoms with Crippen LogP contribution in [0.25, 0.3) is 0 Å². The molecule has 1 aliphatic carbocycles. The topological polar surface area (TPSA) is 86.8 Å². The number of rotatable bonds is 11. The maximum atomic E-state index is 13.4. The first-order valence-corrected chi connectivity index (χ1v) is 14.7. The van der Waals surface area contributed by atoms with E-state index in [-0.39, 0.29) is 43.8 Å². The molecule has 0 aliphatic heterocycles. The molecule has 3 rings (SSSR count). The molecule has 1 aliphatic rings. The number of nitrogens with one attached hydrogen (secondary N) is 1. The lowest BCUT2D eigenvalue weighted by molar-refractivity contribution is -0.141. The maximum Gasteiger partial charge on any atom is 0.242 e. The van der Waals surface area contributed by atoms with Gasteiger partial charge in [0, 0.05) is 35.6 Å². The fraction of sp³-hybridized carbons (Fsp3) is 0.462. The molecule has 7 nitrogen and oxygen atoms in total. The molecular weight excluding hydrogens is 521 g/mol. The standard InChI is InChI=1S/C26H33Cl2N3O4S/c1-19(26(33)29-23-9-3-4-10-23)30(18-20-7-5-8-22(28)17-20)25(32)11-6-16-31(36(2,34)35)24-14-12-21(27)13-15-24/h5,7-8,12-15,17,19,23H,3-4,6,9-11,16,18H2,1-2H3,(H,29,33)/t19-/m0/s1. The zero-order valence-corrected chi connectivity index (χ0v) is 23.0. The van der Waals surface area contributed by atoms with Crippen LogP contribution in [0.1, 0.15) is 51.0 Å². The van der Waals surface area contributed by atoms with Gasteiger partial charge in [-0.1, -0.05) is 48.2 Å². The summed E-state index contributed by atoms with van der Waals surface area (Å²) in [6, 6.07) is 13.2. The first-order chi connectivity index (χ1) is 17.0. The van der Waals surface area contributed by atoms with E-state index < -0.39 is 16.1 Å². The summed E-state index contributed by atoms with van der Waals surface area (Å²) in [4.78, 5) is 27.9. The fourth-order valence-electron chi connectivity index (χ4n) is 4.42. The summed E-state index contributed by atoms with van der Waals surface area (Å²) in [6.45, 7) is 2.08. The molecule has 0 unspecified atom stereocenters. The Bertz CT molecular complexity index is 1150. The lowest BCUT2D eigenvalue weighted by Crippen LogP contribution is -2.49. The van der Waals surface area contributed by atoms with E-state index in [4.69, 9.17) is 23.2 Å². The van der Waals surface area contributed by atoms with Gasteiger partial charge in [0.1, 0.15) is 6.04 Å². The second kappa shape index (κ2) is 12.8. The van der Waals surface area contributed by atoms with E-state index in [9.17, 15) is 18.0 Å². The predicted octanol–water partition coefficient (Wildman–Crippen LogP) is 5.02. The highest BCUT2D eigenvalue weighted by atomic mass is 35.5. The van der Waals surface area contributed by atoms with Crippen LogP contribution in [-0.4, -0.2) is 50.0 Å². The summed E-state index contributed by atoms with van der Waals surface area (Å²) in [5.41, 5.74) is 1.30. The molecule has 10 heteroatoms. The van der Waals surface area contributed by atoms with Crippen molar-refractivity contribution < 1.29 is 18.0 Å². The third kappa shape index (κ3) is 8.11. The summed E-state index contributed by atoms with van der Waals surface area (Å²) >= 11 is 12.1. The van der Waals surface area contributed by atoms with Crippen molar-refractivity contribution in [2.45, 2.75) is 64.1 Å². The number of carbonyl (C=O) groups excluding carboxylic acids is 2. The average Bonchev–Trinajstić information content (AvgIpc) is 3.33. The van der Waals surface area contributed by atoms with E-state index >= 15 is 0 Å². The summed E-state index contributed by atoms with van der Waals surface area (Å²) < 4.78 is 26.0. The smallest absolute Gasteiger partial charge is 0.242 e. The van der Waals surface area contributed by atoms with Crippen molar-refractivity contribution in [2.24, 2.45) is 0 Å². The van der Waals surface area contributed by atoms with Crippen LogP contribution in [0.2, 0.25) is 10.0 Å². The molecule has 2 amide bonds. The Labute approximate surface area is 223 Å². The van der Waals surface area contributed by atoms with Crippen LogP contribution in [0.5, 0.6) is 0 Å². The van der Waals surface area contributed by atoms with Crippen molar-refractivity contribution in [1.82, 2.24) is 10.2 Å². The maximum absolute atomic E-state index is 13.4. The Hall–Kier alpha value is -2.29. The van der Waals surface area contributed by atoms with E-state index in [1.165, 1.54) is 4.31 Å². The highest BCUT2D eigenvalue weighted by Gasteiger charge is 2.28. The van der Waals surface area contributed by atoms with E-state index in [2.05, 4.69) is 5.32 Å². The van der Waals surface area contributed by atoms with Crippen LogP contribution in [0.15, 0.2) is 48.5 Å². The Morgan fingerprint density at radius 2 is 1.72 bits per heavy atom. The Balaban J connectivity index is 1.71. The normalized spacial score (nSPS) is 14.9. The summed E-state index contributed by atoms with van der Waals surface area (Å²) in [7, 11) is -3.56. The highest BCUT2D eigenvalue weighted by molar-refractivity contribution is 7.92. The van der Waals surface area contributed by atoms with Crippen LogP contribution in [0.4, 0.5) is 5.69 Å². The highest BCUT2D eigenvalue weighted by Crippen LogP contribution is 2.22. The molecule has 2 aromatic rings. The van der Waals surface area contributed by atoms with E-state index in [0.29, 0.717) is 15.7 Å². The molecule has 1 atom stereocenters. The van der Waals surface area contributed by atoms with Crippen molar-refractivity contribution in [3.05, 3.63) is 64.1 Å². The molecule has 1 N–H and O–H groups in total. The molecular formula is C26H33Cl2N3O4S. The van der Waals surface area contributed by atoms with Crippen molar-refractivity contribution in [3.8, 4) is 0 Å². The van der Waals surface area contributed by atoms with Gasteiger partial charge in [0.05, 0.1) is 11.9 Å². The first kappa shape index (κ1) is 28.3. The van der Waals surface area contributed by atoms with Crippen LogP contribution < -0.4 is 9.62 Å². The lowest BCUT2D eigenvalue weighted by atomic mass is 10.1. The number of hydrogen-bond donors (Lipinski definition) is 1. The Kier molecular flexibility index (Phi) is 10.0. The van der Waals surface area contributed by atoms with Crippen molar-refractivity contribution >= 4 is 50.7 Å². The molecule has 196 valence electrons. The van der Waals surface area contributed by atoms with Gasteiger partial charge in [0.2, 0.25) is 21.8 Å². The quantitative estimate of drug-likeness (QED) is 0.423. The van der Waals surface area contributed by atoms with Crippen molar-refractivity contribution in [1.29, 1.82) is 0 Å². The second-order valence-electron chi connectivity index (χ2n) is 9.23. The third-order valence-electron chi connectivity index (χ3n) is 6.38. The number of sulfonamides is 1. The molecule has 0 aromatic heterocycles. The minimum atomic E-state index is -3.56. The number of hydrogen-bond acceptors (Lipinski definition) is 4. The van der Waals surface area contributed by atoms with Gasteiger partial charge in [-0.15, -0.1) is 0 Å². The molecule has 0 bridgehead atoms. The summed E-state index contributed by atoms with van der Waals surface area (Å²) in [5, 5.41) is 4.13. The van der Waals surface area contributed by atoms with Gasteiger partial charge < -0.3 is 10.2 Å². The third-order valence-corrected chi connectivity index (χ3v) is 8.06. The molecule has 0 saturated heterocycles. The van der Waals surface area contributed by atoms with E-state index in [0.717, 1.165) is 37.5 Å². The largest absolute Gasteiger partial charge is 0.352 e. The van der Waals surface area contributed by atoms with Crippen LogP contribution >= 0.6 is 23.2 Å². The van der Waals surface area contributed by atoms with Gasteiger partial charge >= 0.3 is 0 Å². The predicted molar refractivity (Wildman–Crippen MR) is 145 cm³/mol. The van der Waals surface area contributed by atoms with Gasteiger partial charge in [-0.05, 0) is 68.1 Å². The zero-order valence-electron chi connectivity index (χ0n) is 20.6. The van der Waals surface area contributed by atoms with Gasteiger partial charge in [0.25, 0.3) is 0 Å². The van der Waals surface area contributed by atoms with Crippen LogP contribution in [0, 0.1) is 0 Å². The van der Waals surface area contributed by atoms with Crippen LogP contribution in [0.3, 0.4) is 0 Å². The molecule has 2 aromatic carbocycles. The summed E-state index contributed by atoms with van der Waals surface area (Å²) in [5.74, 6) is -0.412. The lowest BCUT2D eigenvalue weighted by Gasteiger charge is -2.30. The van der Waals surface area contributed by atoms with Crippen molar-refractivity contribution in [3.63, 3.8) is 0 Å². The van der Waals surface area contributed by atoms with Gasteiger partial charge in [0.15, 0.2) is 0 Å². The number of carbonyl (C=O) groups is 2. The minimum absolute atomic E-state index is 0.0845. The second-order valence-corrected chi connectivity index (χ2v) is 12.0.